The van der Waals surface area contributed by atoms with Crippen molar-refractivity contribution in [1.82, 2.24) is 4.90 Å². The van der Waals surface area contributed by atoms with E-state index in [0.717, 1.165) is 38.9 Å². The molecule has 152 valence electrons. The summed E-state index contributed by atoms with van der Waals surface area (Å²) >= 11 is 13.4. The quantitative estimate of drug-likeness (QED) is 0.232. The van der Waals surface area contributed by atoms with Gasteiger partial charge < -0.3 is 0 Å². The van der Waals surface area contributed by atoms with Crippen molar-refractivity contribution in [2.45, 2.75) is 6.54 Å². The molecule has 31 heavy (non-hydrogen) atoms. The first-order valence-electron chi connectivity index (χ1n) is 9.61. The summed E-state index contributed by atoms with van der Waals surface area (Å²) < 4.78 is 0. The van der Waals surface area contributed by atoms with Crippen LogP contribution in [0.15, 0.2) is 77.7 Å². The molecule has 1 aliphatic heterocycles. The third kappa shape index (κ3) is 3.61. The van der Waals surface area contributed by atoms with Gasteiger partial charge in [0.1, 0.15) is 0 Å². The lowest BCUT2D eigenvalue weighted by atomic mass is 9.96. The molecule has 1 fully saturated rings. The predicted molar refractivity (Wildman–Crippen MR) is 129 cm³/mol. The van der Waals surface area contributed by atoms with E-state index in [1.807, 2.05) is 54.6 Å². The first-order chi connectivity index (χ1) is 15.0. The zero-order valence-corrected chi connectivity index (χ0v) is 18.5. The van der Waals surface area contributed by atoms with Crippen LogP contribution in [-0.2, 0) is 11.3 Å². The molecule has 0 aliphatic carbocycles. The Morgan fingerprint density at radius 2 is 1.39 bits per heavy atom. The lowest BCUT2D eigenvalue weighted by Crippen LogP contribution is -2.27. The number of hydrogen-bond donors (Lipinski definition) is 0. The van der Waals surface area contributed by atoms with Gasteiger partial charge in [0, 0.05) is 15.6 Å². The van der Waals surface area contributed by atoms with Crippen molar-refractivity contribution in [3.8, 4) is 0 Å². The van der Waals surface area contributed by atoms with Gasteiger partial charge in [-0.3, -0.25) is 14.5 Å². The summed E-state index contributed by atoms with van der Waals surface area (Å²) in [6, 6.07) is 23.3. The number of rotatable bonds is 3. The van der Waals surface area contributed by atoms with E-state index in [9.17, 15) is 9.59 Å². The Labute approximate surface area is 193 Å². The number of halogens is 2. The van der Waals surface area contributed by atoms with Crippen LogP contribution >= 0.6 is 35.0 Å². The highest BCUT2D eigenvalue weighted by atomic mass is 35.5. The van der Waals surface area contributed by atoms with E-state index in [2.05, 4.69) is 6.07 Å². The number of thioether (sulfide) groups is 1. The number of nitrogens with zero attached hydrogens (tertiary/aromatic N) is 1. The van der Waals surface area contributed by atoms with Crippen LogP contribution in [0, 0.1) is 0 Å². The summed E-state index contributed by atoms with van der Waals surface area (Å²) in [5, 5.41) is 4.73. The topological polar surface area (TPSA) is 37.4 Å². The summed E-state index contributed by atoms with van der Waals surface area (Å²) in [5.41, 5.74) is 1.49. The number of imide groups is 1. The van der Waals surface area contributed by atoms with Gasteiger partial charge in [-0.15, -0.1) is 0 Å². The minimum absolute atomic E-state index is 0.0385. The van der Waals surface area contributed by atoms with Gasteiger partial charge in [0.05, 0.1) is 11.4 Å². The largest absolute Gasteiger partial charge is 0.293 e. The van der Waals surface area contributed by atoms with E-state index in [0.29, 0.717) is 20.5 Å². The van der Waals surface area contributed by atoms with Crippen molar-refractivity contribution in [3.05, 3.63) is 98.9 Å². The highest BCUT2D eigenvalue weighted by Crippen LogP contribution is 2.38. The number of benzene rings is 4. The van der Waals surface area contributed by atoms with E-state index >= 15 is 0 Å². The number of carbonyl (C=O) groups is 2. The van der Waals surface area contributed by atoms with E-state index in [4.69, 9.17) is 23.2 Å². The van der Waals surface area contributed by atoms with Crippen molar-refractivity contribution in [3.63, 3.8) is 0 Å². The molecular formula is C25H15Cl2NO2S. The van der Waals surface area contributed by atoms with Crippen molar-refractivity contribution in [2.75, 3.05) is 0 Å². The molecule has 3 nitrogen and oxygen atoms in total. The van der Waals surface area contributed by atoms with E-state index in [1.165, 1.54) is 4.90 Å². The molecule has 0 N–H and O–H groups in total. The minimum atomic E-state index is -0.344. The zero-order chi connectivity index (χ0) is 21.5. The van der Waals surface area contributed by atoms with E-state index in [-0.39, 0.29) is 17.7 Å². The second-order valence-corrected chi connectivity index (χ2v) is 9.01. The third-order valence-electron chi connectivity index (χ3n) is 5.34. The van der Waals surface area contributed by atoms with Gasteiger partial charge in [-0.1, -0.05) is 77.8 Å². The molecule has 0 radical (unpaired) electrons. The van der Waals surface area contributed by atoms with Crippen molar-refractivity contribution in [1.29, 1.82) is 0 Å². The summed E-state index contributed by atoms with van der Waals surface area (Å²) in [6.45, 7) is 0.0385. The lowest BCUT2D eigenvalue weighted by molar-refractivity contribution is -0.123. The second kappa shape index (κ2) is 8.04. The maximum absolute atomic E-state index is 13.1. The fourth-order valence-corrected chi connectivity index (χ4v) is 5.15. The number of carbonyl (C=O) groups excluding carboxylic acids is 2. The van der Waals surface area contributed by atoms with Crippen LogP contribution in [-0.4, -0.2) is 16.0 Å². The molecule has 0 unspecified atom stereocenters. The number of amides is 2. The van der Waals surface area contributed by atoms with Gasteiger partial charge in [-0.05, 0) is 63.1 Å². The molecule has 0 saturated carbocycles. The van der Waals surface area contributed by atoms with Gasteiger partial charge in [-0.25, -0.2) is 0 Å². The molecule has 6 heteroatoms. The summed E-state index contributed by atoms with van der Waals surface area (Å²) in [4.78, 5) is 27.4. The standard InChI is InChI=1S/C25H15Cl2NO2S/c26-21-10-5-11-22(27)20(21)14-28-24(29)23(31-25(28)30)13-19-17-8-3-1-6-15(17)12-16-7-2-4-9-18(16)19/h1-13H,14H2/b23-13+. The summed E-state index contributed by atoms with van der Waals surface area (Å²) in [5.74, 6) is -0.344. The van der Waals surface area contributed by atoms with Crippen LogP contribution in [0.4, 0.5) is 4.79 Å². The Morgan fingerprint density at radius 3 is 2.00 bits per heavy atom. The van der Waals surface area contributed by atoms with Crippen LogP contribution in [0.2, 0.25) is 10.0 Å². The van der Waals surface area contributed by atoms with Gasteiger partial charge >= 0.3 is 0 Å². The van der Waals surface area contributed by atoms with Gasteiger partial charge in [-0.2, -0.15) is 0 Å². The second-order valence-electron chi connectivity index (χ2n) is 7.20. The molecule has 4 aromatic rings. The molecule has 2 amide bonds. The maximum atomic E-state index is 13.1. The summed E-state index contributed by atoms with van der Waals surface area (Å²) in [6.07, 6.45) is 1.82. The number of fused-ring (bicyclic) bond motifs is 2. The normalized spacial score (nSPS) is 15.5. The molecule has 0 bridgehead atoms. The van der Waals surface area contributed by atoms with Gasteiger partial charge in [0.2, 0.25) is 0 Å². The Bertz CT molecular complexity index is 1340. The first kappa shape index (κ1) is 20.1. The highest BCUT2D eigenvalue weighted by molar-refractivity contribution is 8.18. The van der Waals surface area contributed by atoms with Crippen LogP contribution in [0.3, 0.4) is 0 Å². The van der Waals surface area contributed by atoms with Gasteiger partial charge in [0.15, 0.2) is 0 Å². The zero-order valence-electron chi connectivity index (χ0n) is 16.1. The average molecular weight is 464 g/mol. The Hall–Kier alpha value is -2.79. The molecule has 0 spiro atoms. The molecule has 0 aromatic heterocycles. The lowest BCUT2D eigenvalue weighted by Gasteiger charge is -2.14. The monoisotopic (exact) mass is 463 g/mol. The summed E-state index contributed by atoms with van der Waals surface area (Å²) in [7, 11) is 0. The van der Waals surface area contributed by atoms with Crippen molar-refractivity contribution < 1.29 is 9.59 Å². The molecule has 5 rings (SSSR count). The Kier molecular flexibility index (Phi) is 5.22. The fraction of sp³-hybridized carbons (Fsp3) is 0.0400. The van der Waals surface area contributed by atoms with Crippen LogP contribution in [0.5, 0.6) is 0 Å². The van der Waals surface area contributed by atoms with E-state index in [1.54, 1.807) is 18.2 Å². The van der Waals surface area contributed by atoms with Crippen molar-refractivity contribution >= 4 is 73.7 Å². The molecule has 1 aliphatic rings. The van der Waals surface area contributed by atoms with Gasteiger partial charge in [0.25, 0.3) is 11.1 Å². The van der Waals surface area contributed by atoms with Crippen molar-refractivity contribution in [2.24, 2.45) is 0 Å². The smallest absolute Gasteiger partial charge is 0.268 e. The first-order valence-corrected chi connectivity index (χ1v) is 11.2. The fourth-order valence-electron chi connectivity index (χ4n) is 3.81. The molecular weight excluding hydrogens is 449 g/mol. The number of hydrogen-bond acceptors (Lipinski definition) is 3. The molecule has 0 atom stereocenters. The van der Waals surface area contributed by atoms with E-state index < -0.39 is 0 Å². The highest BCUT2D eigenvalue weighted by Gasteiger charge is 2.36. The third-order valence-corrected chi connectivity index (χ3v) is 6.96. The Morgan fingerprint density at radius 1 is 0.806 bits per heavy atom. The maximum Gasteiger partial charge on any atom is 0.293 e. The van der Waals surface area contributed by atoms with Crippen LogP contribution in [0.25, 0.3) is 27.6 Å². The van der Waals surface area contributed by atoms with Crippen LogP contribution < -0.4 is 0 Å². The predicted octanol–water partition coefficient (Wildman–Crippen LogP) is 7.54. The average Bonchev–Trinajstić information content (AvgIpc) is 3.03. The van der Waals surface area contributed by atoms with Crippen LogP contribution in [0.1, 0.15) is 11.1 Å². The minimum Gasteiger partial charge on any atom is -0.268 e. The molecule has 4 aromatic carbocycles. The molecule has 1 heterocycles. The SMILES string of the molecule is O=C1S/C(=C/c2c3ccccc3cc3ccccc23)C(=O)N1Cc1c(Cl)cccc1Cl. The Balaban J connectivity index is 1.60. The molecule has 1 saturated heterocycles.